The highest BCUT2D eigenvalue weighted by Crippen LogP contribution is 2.22. The van der Waals surface area contributed by atoms with Crippen LogP contribution in [0.2, 0.25) is 0 Å². The minimum absolute atomic E-state index is 0.490. The Morgan fingerprint density at radius 2 is 2.11 bits per heavy atom. The van der Waals surface area contributed by atoms with Crippen molar-refractivity contribution in [1.82, 2.24) is 4.98 Å². The van der Waals surface area contributed by atoms with Crippen molar-refractivity contribution in [3.05, 3.63) is 48.2 Å². The van der Waals surface area contributed by atoms with Crippen molar-refractivity contribution in [1.29, 1.82) is 0 Å². The Morgan fingerprint density at radius 3 is 2.74 bits per heavy atom. The van der Waals surface area contributed by atoms with Gasteiger partial charge in [-0.15, -0.1) is 11.8 Å². The predicted octanol–water partition coefficient (Wildman–Crippen LogP) is 1.06. The molecule has 0 spiro atoms. The molecular formula is C13H14BNO3S. The van der Waals surface area contributed by atoms with Crippen molar-refractivity contribution >= 4 is 24.3 Å². The maximum Gasteiger partial charge on any atom is 0.488 e. The van der Waals surface area contributed by atoms with Gasteiger partial charge in [-0.05, 0) is 35.3 Å². The number of thioether (sulfide) groups is 1. The van der Waals surface area contributed by atoms with Gasteiger partial charge in [-0.3, -0.25) is 0 Å². The molecule has 1 aromatic heterocycles. The van der Waals surface area contributed by atoms with E-state index in [9.17, 15) is 10.0 Å². The zero-order valence-corrected chi connectivity index (χ0v) is 11.3. The number of aromatic nitrogens is 1. The van der Waals surface area contributed by atoms with E-state index in [-0.39, 0.29) is 0 Å². The van der Waals surface area contributed by atoms with Gasteiger partial charge in [0.05, 0.1) is 12.1 Å². The SMILES string of the molecule is COc1ccc(B(O)O)c(CSc2ccccn2)c1. The molecule has 0 bridgehead atoms. The quantitative estimate of drug-likeness (QED) is 0.631. The summed E-state index contributed by atoms with van der Waals surface area (Å²) >= 11 is 1.54. The number of ether oxygens (including phenoxy) is 1. The van der Waals surface area contributed by atoms with Crippen LogP contribution in [-0.4, -0.2) is 29.3 Å². The number of benzene rings is 1. The molecule has 2 N–H and O–H groups in total. The van der Waals surface area contributed by atoms with Gasteiger partial charge < -0.3 is 14.8 Å². The molecular weight excluding hydrogens is 261 g/mol. The molecule has 0 saturated heterocycles. The largest absolute Gasteiger partial charge is 0.497 e. The summed E-state index contributed by atoms with van der Waals surface area (Å²) in [6, 6.07) is 10.9. The lowest BCUT2D eigenvalue weighted by atomic mass is 9.77. The van der Waals surface area contributed by atoms with Crippen LogP contribution in [0.5, 0.6) is 5.75 Å². The van der Waals surface area contributed by atoms with Gasteiger partial charge in [0.1, 0.15) is 5.75 Å². The molecule has 0 aliphatic carbocycles. The molecule has 0 aliphatic rings. The molecule has 19 heavy (non-hydrogen) atoms. The van der Waals surface area contributed by atoms with Gasteiger partial charge in [-0.2, -0.15) is 0 Å². The molecule has 0 radical (unpaired) electrons. The second-order valence-electron chi connectivity index (χ2n) is 3.90. The molecule has 0 saturated carbocycles. The van der Waals surface area contributed by atoms with E-state index < -0.39 is 7.12 Å². The summed E-state index contributed by atoms with van der Waals surface area (Å²) in [6.07, 6.45) is 1.73. The zero-order chi connectivity index (χ0) is 13.7. The van der Waals surface area contributed by atoms with Crippen LogP contribution in [0.1, 0.15) is 5.56 Å². The predicted molar refractivity (Wildman–Crippen MR) is 76.6 cm³/mol. The first-order chi connectivity index (χ1) is 9.20. The fourth-order valence-electron chi connectivity index (χ4n) is 1.67. The molecule has 0 unspecified atom stereocenters. The van der Waals surface area contributed by atoms with Crippen LogP contribution in [0.4, 0.5) is 0 Å². The number of rotatable bonds is 5. The minimum atomic E-state index is -1.48. The zero-order valence-electron chi connectivity index (χ0n) is 10.5. The summed E-state index contributed by atoms with van der Waals surface area (Å²) in [7, 11) is 0.102. The lowest BCUT2D eigenvalue weighted by Gasteiger charge is -2.10. The summed E-state index contributed by atoms with van der Waals surface area (Å²) in [5.74, 6) is 1.29. The maximum atomic E-state index is 9.36. The van der Waals surface area contributed by atoms with Crippen LogP contribution < -0.4 is 10.2 Å². The van der Waals surface area contributed by atoms with Gasteiger partial charge in [0.25, 0.3) is 0 Å². The molecule has 0 fully saturated rings. The molecule has 0 amide bonds. The van der Waals surface area contributed by atoms with Gasteiger partial charge in [-0.1, -0.05) is 12.1 Å². The Morgan fingerprint density at radius 1 is 1.26 bits per heavy atom. The lowest BCUT2D eigenvalue weighted by Crippen LogP contribution is -2.32. The van der Waals surface area contributed by atoms with Gasteiger partial charge in [0.15, 0.2) is 0 Å². The van der Waals surface area contributed by atoms with E-state index in [1.165, 1.54) is 11.8 Å². The topological polar surface area (TPSA) is 62.6 Å². The molecule has 1 aromatic carbocycles. The highest BCUT2D eigenvalue weighted by Gasteiger charge is 2.16. The van der Waals surface area contributed by atoms with Crippen LogP contribution >= 0.6 is 11.8 Å². The summed E-state index contributed by atoms with van der Waals surface area (Å²) in [6.45, 7) is 0. The Balaban J connectivity index is 2.18. The Bertz CT molecular complexity index is 537. The second kappa shape index (κ2) is 6.61. The first-order valence-electron chi connectivity index (χ1n) is 5.77. The summed E-state index contributed by atoms with van der Waals surface area (Å²) in [5.41, 5.74) is 1.31. The normalized spacial score (nSPS) is 10.3. The van der Waals surface area contributed by atoms with Crippen LogP contribution in [0, 0.1) is 0 Å². The average molecular weight is 275 g/mol. The molecule has 2 rings (SSSR count). The van der Waals surface area contributed by atoms with E-state index in [4.69, 9.17) is 4.74 Å². The number of hydrogen-bond acceptors (Lipinski definition) is 5. The van der Waals surface area contributed by atoms with Gasteiger partial charge in [0.2, 0.25) is 0 Å². The number of methoxy groups -OCH3 is 1. The molecule has 6 heteroatoms. The fraction of sp³-hybridized carbons (Fsp3) is 0.154. The Kier molecular flexibility index (Phi) is 4.84. The number of pyridine rings is 1. The third-order valence-electron chi connectivity index (χ3n) is 2.64. The lowest BCUT2D eigenvalue weighted by molar-refractivity contribution is 0.413. The van der Waals surface area contributed by atoms with Crippen molar-refractivity contribution in [2.45, 2.75) is 10.8 Å². The molecule has 0 aliphatic heterocycles. The molecule has 2 aromatic rings. The number of nitrogens with zero attached hydrogens (tertiary/aromatic N) is 1. The highest BCUT2D eigenvalue weighted by molar-refractivity contribution is 7.98. The van der Waals surface area contributed by atoms with Crippen molar-refractivity contribution in [2.24, 2.45) is 0 Å². The van der Waals surface area contributed by atoms with Gasteiger partial charge in [-0.25, -0.2) is 4.98 Å². The average Bonchev–Trinajstić information content (AvgIpc) is 2.45. The van der Waals surface area contributed by atoms with Gasteiger partial charge >= 0.3 is 7.12 Å². The van der Waals surface area contributed by atoms with E-state index in [1.54, 1.807) is 25.4 Å². The van der Waals surface area contributed by atoms with E-state index in [0.717, 1.165) is 10.6 Å². The summed E-state index contributed by atoms with van der Waals surface area (Å²) in [4.78, 5) is 4.22. The minimum Gasteiger partial charge on any atom is -0.497 e. The Hall–Kier alpha value is -1.50. The summed E-state index contributed by atoms with van der Waals surface area (Å²) < 4.78 is 5.15. The standard InChI is InChI=1S/C13H14BNO3S/c1-18-11-5-6-12(14(16)17)10(8-11)9-19-13-4-2-3-7-15-13/h2-8,16-17H,9H2,1H3. The highest BCUT2D eigenvalue weighted by atomic mass is 32.2. The fourth-order valence-corrected chi connectivity index (χ4v) is 2.53. The van der Waals surface area contributed by atoms with E-state index in [0.29, 0.717) is 17.0 Å². The molecule has 0 atom stereocenters. The monoisotopic (exact) mass is 275 g/mol. The molecule has 4 nitrogen and oxygen atoms in total. The molecule has 98 valence electrons. The van der Waals surface area contributed by atoms with Gasteiger partial charge in [0, 0.05) is 11.9 Å². The smallest absolute Gasteiger partial charge is 0.488 e. The third kappa shape index (κ3) is 3.73. The van der Waals surface area contributed by atoms with Crippen LogP contribution in [-0.2, 0) is 5.75 Å². The van der Waals surface area contributed by atoms with E-state index in [2.05, 4.69) is 4.98 Å². The van der Waals surface area contributed by atoms with Crippen molar-refractivity contribution in [3.8, 4) is 5.75 Å². The maximum absolute atomic E-state index is 9.36. The van der Waals surface area contributed by atoms with Crippen molar-refractivity contribution < 1.29 is 14.8 Å². The summed E-state index contributed by atoms with van der Waals surface area (Å²) in [5, 5.41) is 19.6. The second-order valence-corrected chi connectivity index (χ2v) is 4.89. The van der Waals surface area contributed by atoms with E-state index >= 15 is 0 Å². The van der Waals surface area contributed by atoms with Crippen LogP contribution in [0.25, 0.3) is 0 Å². The van der Waals surface area contributed by atoms with Crippen LogP contribution in [0.3, 0.4) is 0 Å². The first kappa shape index (κ1) is 13.9. The van der Waals surface area contributed by atoms with Crippen LogP contribution in [0.15, 0.2) is 47.6 Å². The Labute approximate surface area is 116 Å². The molecule has 1 heterocycles. The van der Waals surface area contributed by atoms with E-state index in [1.807, 2.05) is 24.3 Å². The van der Waals surface area contributed by atoms with Crippen molar-refractivity contribution in [2.75, 3.05) is 7.11 Å². The first-order valence-corrected chi connectivity index (χ1v) is 6.76. The third-order valence-corrected chi connectivity index (χ3v) is 3.63. The number of hydrogen-bond donors (Lipinski definition) is 2. The van der Waals surface area contributed by atoms with Crippen molar-refractivity contribution in [3.63, 3.8) is 0 Å².